The van der Waals surface area contributed by atoms with Gasteiger partial charge in [-0.3, -0.25) is 14.2 Å². The van der Waals surface area contributed by atoms with Gasteiger partial charge in [-0.25, -0.2) is 4.98 Å². The Morgan fingerprint density at radius 3 is 2.45 bits per heavy atom. The number of rotatable bonds is 7. The topological polar surface area (TPSA) is 55.2 Å². The Hall–Kier alpha value is -2.86. The maximum atomic E-state index is 13.3. The van der Waals surface area contributed by atoms with Crippen molar-refractivity contribution in [3.63, 3.8) is 0 Å². The highest BCUT2D eigenvalue weighted by Gasteiger charge is 2.24. The summed E-state index contributed by atoms with van der Waals surface area (Å²) >= 11 is 1.55. The van der Waals surface area contributed by atoms with Crippen LogP contribution in [0.25, 0.3) is 0 Å². The van der Waals surface area contributed by atoms with Crippen LogP contribution in [0.1, 0.15) is 27.9 Å². The van der Waals surface area contributed by atoms with E-state index in [-0.39, 0.29) is 17.0 Å². The van der Waals surface area contributed by atoms with E-state index in [1.807, 2.05) is 48.5 Å². The number of carbonyl (C=O) groups is 1. The van der Waals surface area contributed by atoms with Crippen molar-refractivity contribution in [2.45, 2.75) is 31.1 Å². The van der Waals surface area contributed by atoms with E-state index < -0.39 is 0 Å². The molecule has 0 saturated heterocycles. The van der Waals surface area contributed by atoms with Crippen molar-refractivity contribution < 1.29 is 4.79 Å². The molecule has 1 amide bonds. The molecule has 0 bridgehead atoms. The molecule has 1 aromatic heterocycles. The van der Waals surface area contributed by atoms with E-state index in [0.717, 1.165) is 24.2 Å². The summed E-state index contributed by atoms with van der Waals surface area (Å²) in [6.07, 6.45) is 3.17. The summed E-state index contributed by atoms with van der Waals surface area (Å²) in [5.74, 6) is 0.580. The van der Waals surface area contributed by atoms with Crippen LogP contribution in [0.4, 0.5) is 0 Å². The van der Waals surface area contributed by atoms with E-state index in [1.165, 1.54) is 11.8 Å². The van der Waals surface area contributed by atoms with Gasteiger partial charge in [-0.05, 0) is 24.0 Å². The lowest BCUT2D eigenvalue weighted by atomic mass is 10.1. The van der Waals surface area contributed by atoms with Crippen LogP contribution < -0.4 is 5.56 Å². The van der Waals surface area contributed by atoms with Gasteiger partial charge in [-0.2, -0.15) is 0 Å². The quantitative estimate of drug-likeness (QED) is 0.564. The molecule has 6 heteroatoms. The van der Waals surface area contributed by atoms with Crippen LogP contribution >= 0.6 is 11.8 Å². The molecule has 0 unspecified atom stereocenters. The molecular formula is C23H23N3O2S. The third-order valence-corrected chi connectivity index (χ3v) is 6.00. The van der Waals surface area contributed by atoms with Gasteiger partial charge in [-0.1, -0.05) is 72.4 Å². The van der Waals surface area contributed by atoms with E-state index in [0.29, 0.717) is 24.8 Å². The maximum Gasteiger partial charge on any atom is 0.267 e. The Morgan fingerprint density at radius 1 is 1.03 bits per heavy atom. The second kappa shape index (κ2) is 9.09. The monoisotopic (exact) mass is 405 g/mol. The van der Waals surface area contributed by atoms with Crippen molar-refractivity contribution in [1.82, 2.24) is 14.5 Å². The Labute approximate surface area is 174 Å². The molecule has 4 rings (SSSR count). The van der Waals surface area contributed by atoms with E-state index in [2.05, 4.69) is 17.1 Å². The maximum absolute atomic E-state index is 13.3. The molecule has 2 aromatic carbocycles. The molecule has 148 valence electrons. The van der Waals surface area contributed by atoms with Gasteiger partial charge < -0.3 is 4.90 Å². The van der Waals surface area contributed by atoms with Crippen LogP contribution in [0.2, 0.25) is 0 Å². The van der Waals surface area contributed by atoms with Gasteiger partial charge in [0.05, 0.1) is 0 Å². The van der Waals surface area contributed by atoms with E-state index in [1.54, 1.807) is 21.2 Å². The van der Waals surface area contributed by atoms with Gasteiger partial charge in [-0.15, -0.1) is 0 Å². The van der Waals surface area contributed by atoms with Gasteiger partial charge in [0.15, 0.2) is 5.16 Å². The first kappa shape index (κ1) is 19.5. The van der Waals surface area contributed by atoms with Crippen molar-refractivity contribution in [3.8, 4) is 0 Å². The molecular weight excluding hydrogens is 382 g/mol. The number of fused-ring (bicyclic) bond motifs is 1. The summed E-state index contributed by atoms with van der Waals surface area (Å²) in [4.78, 5) is 32.2. The number of hydrogen-bond donors (Lipinski definition) is 0. The lowest BCUT2D eigenvalue weighted by Gasteiger charge is -2.23. The second-order valence-electron chi connectivity index (χ2n) is 7.06. The minimum atomic E-state index is -0.244. The Morgan fingerprint density at radius 2 is 1.72 bits per heavy atom. The Bertz CT molecular complexity index is 1030. The first-order chi connectivity index (χ1) is 14.2. The summed E-state index contributed by atoms with van der Waals surface area (Å²) < 4.78 is 1.61. The molecule has 0 aliphatic carbocycles. The van der Waals surface area contributed by atoms with Gasteiger partial charge >= 0.3 is 0 Å². The number of aryl methyl sites for hydroxylation is 1. The molecule has 3 aromatic rings. The minimum absolute atomic E-state index is 0.159. The van der Waals surface area contributed by atoms with Crippen molar-refractivity contribution >= 4 is 17.7 Å². The highest BCUT2D eigenvalue weighted by atomic mass is 32.2. The number of aromatic nitrogens is 2. The summed E-state index contributed by atoms with van der Waals surface area (Å²) in [6.45, 7) is 1.67. The number of benzene rings is 2. The number of nitrogens with zero attached hydrogens (tertiary/aromatic N) is 3. The van der Waals surface area contributed by atoms with Crippen molar-refractivity contribution in [2.24, 2.45) is 0 Å². The van der Waals surface area contributed by atoms with Crippen LogP contribution in [0, 0.1) is 0 Å². The molecule has 1 aliphatic heterocycles. The largest absolute Gasteiger partial charge is 0.334 e. The third kappa shape index (κ3) is 4.59. The molecule has 0 N–H and O–H groups in total. The predicted octanol–water partition coefficient (Wildman–Crippen LogP) is 3.62. The van der Waals surface area contributed by atoms with Crippen LogP contribution in [-0.2, 0) is 19.5 Å². The first-order valence-corrected chi connectivity index (χ1v) is 10.8. The molecule has 5 nitrogen and oxygen atoms in total. The highest BCUT2D eigenvalue weighted by Crippen LogP contribution is 2.21. The summed E-state index contributed by atoms with van der Waals surface area (Å²) in [5, 5.41) is 0.699. The molecule has 2 heterocycles. The summed E-state index contributed by atoms with van der Waals surface area (Å²) in [7, 11) is 0. The zero-order valence-corrected chi connectivity index (χ0v) is 17.0. The smallest absolute Gasteiger partial charge is 0.267 e. The summed E-state index contributed by atoms with van der Waals surface area (Å²) in [5.41, 5.74) is 2.22. The Kier molecular flexibility index (Phi) is 6.10. The fraction of sp³-hybridized carbons (Fsp3) is 0.261. The average molecular weight is 406 g/mol. The number of hydrogen-bond acceptors (Lipinski definition) is 4. The molecule has 0 saturated carbocycles. The lowest BCUT2D eigenvalue weighted by Crippen LogP contribution is -2.37. The van der Waals surface area contributed by atoms with Crippen LogP contribution in [0.3, 0.4) is 0 Å². The fourth-order valence-electron chi connectivity index (χ4n) is 3.51. The zero-order valence-electron chi connectivity index (χ0n) is 16.2. The SMILES string of the molecule is O=C(c1cnc2n(c1=O)CCS2)N(CCCc1ccccc1)Cc1ccccc1. The molecule has 0 radical (unpaired) electrons. The van der Waals surface area contributed by atoms with Crippen LogP contribution in [-0.4, -0.2) is 32.7 Å². The van der Waals surface area contributed by atoms with E-state index in [4.69, 9.17) is 0 Å². The minimum Gasteiger partial charge on any atom is -0.334 e. The average Bonchev–Trinajstić information content (AvgIpc) is 3.24. The molecule has 0 spiro atoms. The van der Waals surface area contributed by atoms with Gasteiger partial charge in [0.1, 0.15) is 5.56 Å². The Balaban J connectivity index is 1.54. The third-order valence-electron chi connectivity index (χ3n) is 5.03. The van der Waals surface area contributed by atoms with E-state index in [9.17, 15) is 9.59 Å². The molecule has 0 atom stereocenters. The van der Waals surface area contributed by atoms with Gasteiger partial charge in [0, 0.05) is 31.6 Å². The molecule has 1 aliphatic rings. The first-order valence-electron chi connectivity index (χ1n) is 9.82. The lowest BCUT2D eigenvalue weighted by molar-refractivity contribution is 0.0737. The highest BCUT2D eigenvalue weighted by molar-refractivity contribution is 7.99. The summed E-state index contributed by atoms with van der Waals surface area (Å²) in [6, 6.07) is 20.1. The molecule has 29 heavy (non-hydrogen) atoms. The van der Waals surface area contributed by atoms with Crippen molar-refractivity contribution in [2.75, 3.05) is 12.3 Å². The second-order valence-corrected chi connectivity index (χ2v) is 8.12. The van der Waals surface area contributed by atoms with Gasteiger partial charge in [0.25, 0.3) is 11.5 Å². The van der Waals surface area contributed by atoms with Crippen LogP contribution in [0.15, 0.2) is 76.8 Å². The van der Waals surface area contributed by atoms with Gasteiger partial charge in [0.2, 0.25) is 0 Å². The number of thioether (sulfide) groups is 1. The number of amides is 1. The van der Waals surface area contributed by atoms with Crippen molar-refractivity contribution in [1.29, 1.82) is 0 Å². The fourth-order valence-corrected chi connectivity index (χ4v) is 4.42. The zero-order chi connectivity index (χ0) is 20.1. The normalized spacial score (nSPS) is 12.6. The van der Waals surface area contributed by atoms with Crippen LogP contribution in [0.5, 0.6) is 0 Å². The van der Waals surface area contributed by atoms with Crippen molar-refractivity contribution in [3.05, 3.63) is 93.9 Å². The number of carbonyl (C=O) groups excluding carboxylic acids is 1. The molecule has 0 fully saturated rings. The van der Waals surface area contributed by atoms with E-state index >= 15 is 0 Å². The predicted molar refractivity (Wildman–Crippen MR) is 115 cm³/mol. The standard InChI is InChI=1S/C23H23N3O2S/c27-21(20-16-24-23-26(22(20)28)14-15-29-23)25(17-19-10-5-2-6-11-19)13-7-12-18-8-3-1-4-9-18/h1-6,8-11,16H,7,12-15,17H2.